The highest BCUT2D eigenvalue weighted by molar-refractivity contribution is 5.77. The molecule has 0 aromatic rings. The summed E-state index contributed by atoms with van der Waals surface area (Å²) < 4.78 is 1.78. The van der Waals surface area contributed by atoms with Crippen LogP contribution in [0.4, 0.5) is 0 Å². The zero-order valence-electron chi connectivity index (χ0n) is 7.97. The van der Waals surface area contributed by atoms with Crippen LogP contribution >= 0.6 is 0 Å². The van der Waals surface area contributed by atoms with Crippen molar-refractivity contribution in [2.24, 2.45) is 0 Å². The summed E-state index contributed by atoms with van der Waals surface area (Å²) in [5.41, 5.74) is 0. The Morgan fingerprint density at radius 3 is 3.23 bits per heavy atom. The van der Waals surface area contributed by atoms with E-state index in [1.807, 2.05) is 6.21 Å². The second-order valence-corrected chi connectivity index (χ2v) is 3.02. The lowest BCUT2D eigenvalue weighted by Crippen LogP contribution is -2.28. The summed E-state index contributed by atoms with van der Waals surface area (Å²) in [5, 5.41) is 2.58. The van der Waals surface area contributed by atoms with Gasteiger partial charge in [-0.2, -0.15) is 0 Å². The zero-order chi connectivity index (χ0) is 9.52. The highest BCUT2D eigenvalue weighted by Crippen LogP contribution is 1.98. The van der Waals surface area contributed by atoms with Crippen molar-refractivity contribution in [2.45, 2.75) is 25.7 Å². The van der Waals surface area contributed by atoms with Gasteiger partial charge in [-0.05, 0) is 18.8 Å². The first-order chi connectivity index (χ1) is 6.33. The van der Waals surface area contributed by atoms with Gasteiger partial charge in [0.15, 0.2) is 6.21 Å². The van der Waals surface area contributed by atoms with Crippen molar-refractivity contribution in [3.05, 3.63) is 0 Å². The molecule has 0 saturated carbocycles. The molecule has 0 atom stereocenters. The molecule has 1 heterocycles. The molecule has 1 N–H and O–H groups in total. The van der Waals surface area contributed by atoms with Crippen molar-refractivity contribution in [1.29, 1.82) is 0 Å². The summed E-state index contributed by atoms with van der Waals surface area (Å²) in [6.07, 6.45) is 6.29. The van der Waals surface area contributed by atoms with Crippen LogP contribution in [-0.2, 0) is 4.79 Å². The van der Waals surface area contributed by atoms with E-state index in [2.05, 4.69) is 17.3 Å². The SMILES string of the molecule is CNC(=O)C[N+]1=CCCCCC#C1. The summed E-state index contributed by atoms with van der Waals surface area (Å²) in [7, 11) is 1.64. The predicted molar refractivity (Wildman–Crippen MR) is 51.5 cm³/mol. The van der Waals surface area contributed by atoms with Gasteiger partial charge in [-0.15, -0.1) is 4.58 Å². The van der Waals surface area contributed by atoms with Crippen LogP contribution in [0.2, 0.25) is 0 Å². The lowest BCUT2D eigenvalue weighted by atomic mass is 10.2. The standard InChI is InChI=1S/C10H14N2O/c1-11-10(13)9-12-7-5-3-2-4-6-8-12/h7H,2-5,9H2,1H3/p+1. The van der Waals surface area contributed by atoms with Gasteiger partial charge in [-0.3, -0.25) is 4.79 Å². The minimum absolute atomic E-state index is 0.00567. The third kappa shape index (κ3) is 3.75. The van der Waals surface area contributed by atoms with E-state index < -0.39 is 0 Å². The maximum atomic E-state index is 11.0. The van der Waals surface area contributed by atoms with Gasteiger partial charge in [0.25, 0.3) is 5.91 Å². The normalized spacial score (nSPS) is 15.9. The lowest BCUT2D eigenvalue weighted by Gasteiger charge is -1.97. The molecule has 0 spiro atoms. The number of rotatable bonds is 2. The number of nitrogens with zero attached hydrogens (tertiary/aromatic N) is 1. The number of likely N-dealkylation sites (N-methyl/N-ethyl adjacent to an activating group) is 1. The van der Waals surface area contributed by atoms with Gasteiger partial charge >= 0.3 is 0 Å². The van der Waals surface area contributed by atoms with E-state index >= 15 is 0 Å². The average molecular weight is 179 g/mol. The number of hydrogen-bond donors (Lipinski definition) is 1. The molecule has 0 aromatic heterocycles. The van der Waals surface area contributed by atoms with Crippen molar-refractivity contribution in [2.75, 3.05) is 13.6 Å². The van der Waals surface area contributed by atoms with E-state index in [-0.39, 0.29) is 5.91 Å². The Balaban J connectivity index is 2.55. The second-order valence-electron chi connectivity index (χ2n) is 3.02. The molecule has 1 rings (SSSR count). The Kier molecular flexibility index (Phi) is 4.04. The summed E-state index contributed by atoms with van der Waals surface area (Å²) in [6.45, 7) is 0.351. The van der Waals surface area contributed by atoms with E-state index in [0.29, 0.717) is 6.54 Å². The molecular formula is C10H15N2O+. The Labute approximate surface area is 78.8 Å². The molecule has 0 radical (unpaired) electrons. The summed E-state index contributed by atoms with van der Waals surface area (Å²) in [4.78, 5) is 11.0. The maximum Gasteiger partial charge on any atom is 0.286 e. The van der Waals surface area contributed by atoms with E-state index in [0.717, 1.165) is 19.3 Å². The Hall–Kier alpha value is -1.30. The van der Waals surface area contributed by atoms with Crippen LogP contribution < -0.4 is 5.32 Å². The van der Waals surface area contributed by atoms with Gasteiger partial charge in [0.2, 0.25) is 12.6 Å². The fraction of sp³-hybridized carbons (Fsp3) is 0.600. The molecule has 0 bridgehead atoms. The summed E-state index contributed by atoms with van der Waals surface area (Å²) >= 11 is 0. The van der Waals surface area contributed by atoms with Crippen LogP contribution in [0.3, 0.4) is 0 Å². The molecule has 0 fully saturated rings. The van der Waals surface area contributed by atoms with Crippen LogP contribution in [0.5, 0.6) is 0 Å². The Bertz CT molecular complexity index is 270. The van der Waals surface area contributed by atoms with Crippen LogP contribution in [0.25, 0.3) is 0 Å². The van der Waals surface area contributed by atoms with Crippen molar-refractivity contribution in [3.8, 4) is 12.0 Å². The molecular weight excluding hydrogens is 164 g/mol. The zero-order valence-corrected chi connectivity index (χ0v) is 7.97. The van der Waals surface area contributed by atoms with E-state index in [9.17, 15) is 4.79 Å². The molecule has 3 nitrogen and oxygen atoms in total. The monoisotopic (exact) mass is 179 g/mol. The minimum Gasteiger partial charge on any atom is -0.354 e. The van der Waals surface area contributed by atoms with Gasteiger partial charge in [-0.25, -0.2) is 0 Å². The summed E-state index contributed by atoms with van der Waals surface area (Å²) in [6, 6.07) is 2.95. The molecule has 3 heteroatoms. The van der Waals surface area contributed by atoms with Crippen LogP contribution in [0.15, 0.2) is 0 Å². The van der Waals surface area contributed by atoms with Crippen LogP contribution in [-0.4, -0.2) is 30.3 Å². The molecule has 0 aromatic carbocycles. The molecule has 1 amide bonds. The predicted octanol–water partition coefficient (Wildman–Crippen LogP) is 0.351. The van der Waals surface area contributed by atoms with Crippen molar-refractivity contribution in [1.82, 2.24) is 5.32 Å². The molecule has 0 unspecified atom stereocenters. The number of carbonyl (C=O) groups excluding carboxylic acids is 1. The van der Waals surface area contributed by atoms with Gasteiger partial charge in [0, 0.05) is 19.9 Å². The minimum atomic E-state index is 0.00567. The average Bonchev–Trinajstić information content (AvgIpc) is 2.09. The third-order valence-electron chi connectivity index (χ3n) is 1.92. The number of carbonyl (C=O) groups is 1. The smallest absolute Gasteiger partial charge is 0.286 e. The first-order valence-electron chi connectivity index (χ1n) is 4.62. The molecule has 0 saturated heterocycles. The second kappa shape index (κ2) is 5.36. The van der Waals surface area contributed by atoms with E-state index in [1.165, 1.54) is 6.42 Å². The first-order valence-corrected chi connectivity index (χ1v) is 4.62. The third-order valence-corrected chi connectivity index (χ3v) is 1.92. The molecule has 1 aliphatic heterocycles. The lowest BCUT2D eigenvalue weighted by molar-refractivity contribution is -0.419. The maximum absolute atomic E-state index is 11.0. The van der Waals surface area contributed by atoms with Crippen molar-refractivity contribution in [3.63, 3.8) is 0 Å². The highest BCUT2D eigenvalue weighted by Gasteiger charge is 2.08. The van der Waals surface area contributed by atoms with Crippen LogP contribution in [0.1, 0.15) is 25.7 Å². The molecule has 0 aliphatic carbocycles. The molecule has 70 valence electrons. The van der Waals surface area contributed by atoms with Crippen molar-refractivity contribution < 1.29 is 9.37 Å². The fourth-order valence-corrected chi connectivity index (χ4v) is 1.15. The van der Waals surface area contributed by atoms with Crippen LogP contribution in [0, 0.1) is 12.0 Å². The summed E-state index contributed by atoms with van der Waals surface area (Å²) in [5.74, 6) is 3.04. The number of nitrogens with one attached hydrogen (secondary N) is 1. The Morgan fingerprint density at radius 2 is 2.46 bits per heavy atom. The van der Waals surface area contributed by atoms with E-state index in [1.54, 1.807) is 11.6 Å². The number of hydrogen-bond acceptors (Lipinski definition) is 1. The van der Waals surface area contributed by atoms with Gasteiger partial charge in [-0.1, -0.05) is 0 Å². The number of amides is 1. The highest BCUT2D eigenvalue weighted by atomic mass is 16.1. The van der Waals surface area contributed by atoms with E-state index in [4.69, 9.17) is 0 Å². The Morgan fingerprint density at radius 1 is 1.62 bits per heavy atom. The molecule has 1 aliphatic rings. The topological polar surface area (TPSA) is 32.1 Å². The van der Waals surface area contributed by atoms with Gasteiger partial charge in [0.1, 0.15) is 0 Å². The fourth-order valence-electron chi connectivity index (χ4n) is 1.15. The van der Waals surface area contributed by atoms with Gasteiger partial charge in [0.05, 0.1) is 0 Å². The quantitative estimate of drug-likeness (QED) is 0.481. The molecule has 13 heavy (non-hydrogen) atoms. The van der Waals surface area contributed by atoms with Crippen molar-refractivity contribution >= 4 is 12.1 Å². The van der Waals surface area contributed by atoms with Gasteiger partial charge < -0.3 is 5.32 Å². The largest absolute Gasteiger partial charge is 0.354 e. The first kappa shape index (κ1) is 9.79.